The molecular formula is C15H22N2O2. The number of ether oxygens (including phenoxy) is 1. The van der Waals surface area contributed by atoms with E-state index >= 15 is 0 Å². The molecule has 0 spiro atoms. The van der Waals surface area contributed by atoms with E-state index in [1.165, 1.54) is 0 Å². The van der Waals surface area contributed by atoms with Crippen molar-refractivity contribution in [1.82, 2.24) is 4.90 Å². The normalized spacial score (nSPS) is 18.1. The van der Waals surface area contributed by atoms with E-state index in [2.05, 4.69) is 6.92 Å². The summed E-state index contributed by atoms with van der Waals surface area (Å²) in [5, 5.41) is 0. The maximum absolute atomic E-state index is 12.0. The molecule has 104 valence electrons. The number of rotatable bonds is 4. The van der Waals surface area contributed by atoms with E-state index in [4.69, 9.17) is 10.5 Å². The van der Waals surface area contributed by atoms with Gasteiger partial charge in [-0.15, -0.1) is 0 Å². The standard InChI is InChI=1S/C15H22N2O2/c1-15(12-16)7-9-17(10-8-15)14(18)11-19-13-5-3-2-4-6-13/h2-6H,7-12,16H2,1H3. The van der Waals surface area contributed by atoms with E-state index in [0.717, 1.165) is 31.7 Å². The lowest BCUT2D eigenvalue weighted by Crippen LogP contribution is -2.46. The van der Waals surface area contributed by atoms with Crippen LogP contribution in [0.25, 0.3) is 0 Å². The third-order valence-corrected chi connectivity index (χ3v) is 3.92. The second-order valence-corrected chi connectivity index (χ2v) is 5.50. The molecule has 1 aliphatic rings. The number of nitrogens with zero attached hydrogens (tertiary/aromatic N) is 1. The summed E-state index contributed by atoms with van der Waals surface area (Å²) in [5.41, 5.74) is 5.96. The van der Waals surface area contributed by atoms with Gasteiger partial charge in [-0.05, 0) is 36.9 Å². The van der Waals surface area contributed by atoms with Crippen LogP contribution in [-0.2, 0) is 4.79 Å². The molecule has 0 saturated carbocycles. The molecule has 1 fully saturated rings. The maximum Gasteiger partial charge on any atom is 0.260 e. The van der Waals surface area contributed by atoms with Crippen LogP contribution < -0.4 is 10.5 Å². The quantitative estimate of drug-likeness (QED) is 0.897. The van der Waals surface area contributed by atoms with Gasteiger partial charge in [0.1, 0.15) is 5.75 Å². The fourth-order valence-electron chi connectivity index (χ4n) is 2.25. The Labute approximate surface area is 114 Å². The number of carbonyl (C=O) groups is 1. The Morgan fingerprint density at radius 2 is 1.95 bits per heavy atom. The van der Waals surface area contributed by atoms with Gasteiger partial charge < -0.3 is 15.4 Å². The second-order valence-electron chi connectivity index (χ2n) is 5.50. The van der Waals surface area contributed by atoms with Gasteiger partial charge in [-0.1, -0.05) is 25.1 Å². The van der Waals surface area contributed by atoms with Crippen molar-refractivity contribution in [2.75, 3.05) is 26.2 Å². The highest BCUT2D eigenvalue weighted by atomic mass is 16.5. The lowest BCUT2D eigenvalue weighted by molar-refractivity contribution is -0.135. The molecule has 2 N–H and O–H groups in total. The molecular weight excluding hydrogens is 240 g/mol. The minimum Gasteiger partial charge on any atom is -0.484 e. The van der Waals surface area contributed by atoms with Gasteiger partial charge in [-0.25, -0.2) is 0 Å². The first-order chi connectivity index (χ1) is 9.13. The van der Waals surface area contributed by atoms with Gasteiger partial charge in [-0.2, -0.15) is 0 Å². The smallest absolute Gasteiger partial charge is 0.260 e. The summed E-state index contributed by atoms with van der Waals surface area (Å²) in [5.74, 6) is 0.794. The average molecular weight is 262 g/mol. The minimum absolute atomic E-state index is 0.0583. The predicted molar refractivity (Wildman–Crippen MR) is 74.9 cm³/mol. The summed E-state index contributed by atoms with van der Waals surface area (Å²) in [7, 11) is 0. The van der Waals surface area contributed by atoms with Crippen molar-refractivity contribution in [2.45, 2.75) is 19.8 Å². The first-order valence-electron chi connectivity index (χ1n) is 6.79. The largest absolute Gasteiger partial charge is 0.484 e. The maximum atomic E-state index is 12.0. The molecule has 0 bridgehead atoms. The number of carbonyl (C=O) groups excluding carboxylic acids is 1. The van der Waals surface area contributed by atoms with Crippen LogP contribution in [0.15, 0.2) is 30.3 Å². The number of benzene rings is 1. The highest BCUT2D eigenvalue weighted by Gasteiger charge is 2.30. The van der Waals surface area contributed by atoms with Gasteiger partial charge in [0, 0.05) is 13.1 Å². The van der Waals surface area contributed by atoms with Crippen LogP contribution in [0.3, 0.4) is 0 Å². The summed E-state index contributed by atoms with van der Waals surface area (Å²) in [6.45, 7) is 4.56. The number of para-hydroxylation sites is 1. The van der Waals surface area contributed by atoms with Gasteiger partial charge in [-0.3, -0.25) is 4.79 Å². The van der Waals surface area contributed by atoms with Gasteiger partial charge in [0.15, 0.2) is 6.61 Å². The lowest BCUT2D eigenvalue weighted by atomic mass is 9.80. The van der Waals surface area contributed by atoms with E-state index < -0.39 is 0 Å². The Kier molecular flexibility index (Phi) is 4.43. The zero-order valence-electron chi connectivity index (χ0n) is 11.5. The molecule has 1 aromatic carbocycles. The summed E-state index contributed by atoms with van der Waals surface area (Å²) >= 11 is 0. The molecule has 0 radical (unpaired) electrons. The van der Waals surface area contributed by atoms with E-state index in [1.54, 1.807) is 0 Å². The van der Waals surface area contributed by atoms with E-state index in [1.807, 2.05) is 35.2 Å². The molecule has 0 aliphatic carbocycles. The second kappa shape index (κ2) is 6.06. The van der Waals surface area contributed by atoms with Gasteiger partial charge in [0.05, 0.1) is 0 Å². The number of piperidine rings is 1. The van der Waals surface area contributed by atoms with E-state index in [0.29, 0.717) is 6.54 Å². The molecule has 1 heterocycles. The molecule has 0 unspecified atom stereocenters. The van der Waals surface area contributed by atoms with Crippen molar-refractivity contribution in [3.8, 4) is 5.75 Å². The fourth-order valence-corrected chi connectivity index (χ4v) is 2.25. The van der Waals surface area contributed by atoms with Crippen LogP contribution in [0.4, 0.5) is 0 Å². The zero-order valence-corrected chi connectivity index (χ0v) is 11.5. The van der Waals surface area contributed by atoms with Gasteiger partial charge >= 0.3 is 0 Å². The summed E-state index contributed by atoms with van der Waals surface area (Å²) < 4.78 is 5.48. The molecule has 1 saturated heterocycles. The van der Waals surface area contributed by atoms with Crippen molar-refractivity contribution in [3.63, 3.8) is 0 Å². The first kappa shape index (κ1) is 13.9. The summed E-state index contributed by atoms with van der Waals surface area (Å²) in [4.78, 5) is 13.9. The van der Waals surface area contributed by atoms with Crippen LogP contribution in [-0.4, -0.2) is 37.0 Å². The lowest BCUT2D eigenvalue weighted by Gasteiger charge is -2.38. The Balaban J connectivity index is 1.79. The fraction of sp³-hybridized carbons (Fsp3) is 0.533. The summed E-state index contributed by atoms with van der Waals surface area (Å²) in [6.07, 6.45) is 1.95. The molecule has 1 amide bonds. The van der Waals surface area contributed by atoms with Crippen LogP contribution in [0.5, 0.6) is 5.75 Å². The number of hydrogen-bond acceptors (Lipinski definition) is 3. The monoisotopic (exact) mass is 262 g/mol. The Morgan fingerprint density at radius 3 is 2.53 bits per heavy atom. The number of amides is 1. The number of nitrogens with two attached hydrogens (primary N) is 1. The van der Waals surface area contributed by atoms with Gasteiger partial charge in [0.2, 0.25) is 0 Å². The molecule has 19 heavy (non-hydrogen) atoms. The number of likely N-dealkylation sites (tertiary alicyclic amines) is 1. The van der Waals surface area contributed by atoms with Crippen LogP contribution in [0.1, 0.15) is 19.8 Å². The zero-order chi connectivity index (χ0) is 13.7. The minimum atomic E-state index is 0.0583. The highest BCUT2D eigenvalue weighted by molar-refractivity contribution is 5.77. The van der Waals surface area contributed by atoms with Crippen LogP contribution >= 0.6 is 0 Å². The van der Waals surface area contributed by atoms with Crippen molar-refractivity contribution < 1.29 is 9.53 Å². The van der Waals surface area contributed by atoms with E-state index in [-0.39, 0.29) is 17.9 Å². The van der Waals surface area contributed by atoms with Crippen molar-refractivity contribution in [3.05, 3.63) is 30.3 Å². The Hall–Kier alpha value is -1.55. The van der Waals surface area contributed by atoms with E-state index in [9.17, 15) is 4.79 Å². The molecule has 0 aromatic heterocycles. The molecule has 1 aliphatic heterocycles. The molecule has 1 aromatic rings. The Morgan fingerprint density at radius 1 is 1.32 bits per heavy atom. The molecule has 0 atom stereocenters. The van der Waals surface area contributed by atoms with Crippen LogP contribution in [0, 0.1) is 5.41 Å². The topological polar surface area (TPSA) is 55.6 Å². The van der Waals surface area contributed by atoms with Crippen molar-refractivity contribution in [2.24, 2.45) is 11.1 Å². The highest BCUT2D eigenvalue weighted by Crippen LogP contribution is 2.29. The molecule has 4 heteroatoms. The first-order valence-corrected chi connectivity index (χ1v) is 6.79. The number of hydrogen-bond donors (Lipinski definition) is 1. The van der Waals surface area contributed by atoms with Crippen molar-refractivity contribution in [1.29, 1.82) is 0 Å². The molecule has 4 nitrogen and oxygen atoms in total. The summed E-state index contributed by atoms with van der Waals surface area (Å²) in [6, 6.07) is 9.43. The third-order valence-electron chi connectivity index (χ3n) is 3.92. The van der Waals surface area contributed by atoms with Crippen LogP contribution in [0.2, 0.25) is 0 Å². The SMILES string of the molecule is CC1(CN)CCN(C(=O)COc2ccccc2)CC1. The average Bonchev–Trinajstić information content (AvgIpc) is 2.47. The third kappa shape index (κ3) is 3.70. The molecule has 2 rings (SSSR count). The van der Waals surface area contributed by atoms with Gasteiger partial charge in [0.25, 0.3) is 5.91 Å². The predicted octanol–water partition coefficient (Wildman–Crippen LogP) is 1.65. The Bertz CT molecular complexity index is 411. The van der Waals surface area contributed by atoms with Crippen molar-refractivity contribution >= 4 is 5.91 Å².